The van der Waals surface area contributed by atoms with E-state index in [4.69, 9.17) is 5.73 Å². The van der Waals surface area contributed by atoms with E-state index in [2.05, 4.69) is 9.82 Å². The van der Waals surface area contributed by atoms with Gasteiger partial charge in [-0.2, -0.15) is 5.10 Å². The molecule has 1 rings (SSSR count). The van der Waals surface area contributed by atoms with Crippen molar-refractivity contribution in [2.45, 2.75) is 25.3 Å². The van der Waals surface area contributed by atoms with Crippen LogP contribution in [0.2, 0.25) is 0 Å². The Morgan fingerprint density at radius 1 is 1.45 bits per heavy atom. The second kappa shape index (κ2) is 6.66. The van der Waals surface area contributed by atoms with Gasteiger partial charge in [0.1, 0.15) is 4.90 Å². The van der Waals surface area contributed by atoms with Gasteiger partial charge in [-0.25, -0.2) is 13.1 Å². The number of nitrogens with one attached hydrogen (secondary N) is 1. The van der Waals surface area contributed by atoms with Gasteiger partial charge in [0.2, 0.25) is 10.0 Å². The molecule has 0 saturated carbocycles. The average Bonchev–Trinajstić information content (AvgIpc) is 2.75. The summed E-state index contributed by atoms with van der Waals surface area (Å²) in [5.41, 5.74) is 5.26. The molecule has 3 N–H and O–H groups in total. The summed E-state index contributed by atoms with van der Waals surface area (Å²) in [4.78, 5) is 2.21. The molecule has 0 bridgehead atoms. The van der Waals surface area contributed by atoms with Crippen molar-refractivity contribution in [3.05, 3.63) is 12.4 Å². The second-order valence-electron chi connectivity index (χ2n) is 5.95. The van der Waals surface area contributed by atoms with Crippen LogP contribution >= 0.6 is 0 Å². The maximum atomic E-state index is 12.2. The van der Waals surface area contributed by atoms with Gasteiger partial charge in [-0.15, -0.1) is 0 Å². The molecule has 0 aromatic carbocycles. The summed E-state index contributed by atoms with van der Waals surface area (Å²) in [6.45, 7) is 6.13. The standard InChI is InChI=1S/C12H25N5O2S/c1-12(2,10-16(3)4)9-15-20(18,19)11-7-14-17(8-11)6-5-13/h7-8,15H,5-6,9-10,13H2,1-4H3. The van der Waals surface area contributed by atoms with Gasteiger partial charge < -0.3 is 10.6 Å². The number of nitrogens with zero attached hydrogens (tertiary/aromatic N) is 3. The molecule has 7 nitrogen and oxygen atoms in total. The normalized spacial score (nSPS) is 13.1. The first-order valence-corrected chi connectivity index (χ1v) is 8.01. The molecule has 0 radical (unpaired) electrons. The molecule has 1 aromatic rings. The lowest BCUT2D eigenvalue weighted by Gasteiger charge is -2.28. The predicted octanol–water partition coefficient (Wildman–Crippen LogP) is -0.292. The Kier molecular flexibility index (Phi) is 5.69. The summed E-state index contributed by atoms with van der Waals surface area (Å²) < 4.78 is 28.5. The van der Waals surface area contributed by atoms with Crippen LogP contribution in [0, 0.1) is 5.41 Å². The maximum Gasteiger partial charge on any atom is 0.243 e. The van der Waals surface area contributed by atoms with E-state index in [1.807, 2.05) is 32.8 Å². The van der Waals surface area contributed by atoms with Crippen molar-refractivity contribution in [3.63, 3.8) is 0 Å². The molecule has 0 aliphatic heterocycles. The van der Waals surface area contributed by atoms with Gasteiger partial charge in [-0.05, 0) is 19.5 Å². The number of aromatic nitrogens is 2. The van der Waals surface area contributed by atoms with Crippen molar-refractivity contribution >= 4 is 10.0 Å². The van der Waals surface area contributed by atoms with Crippen LogP contribution in [0.15, 0.2) is 17.3 Å². The highest BCUT2D eigenvalue weighted by molar-refractivity contribution is 7.89. The molecule has 0 atom stereocenters. The fourth-order valence-electron chi connectivity index (χ4n) is 2.02. The number of hydrogen-bond acceptors (Lipinski definition) is 5. The lowest BCUT2D eigenvalue weighted by atomic mass is 9.93. The van der Waals surface area contributed by atoms with E-state index in [0.717, 1.165) is 6.54 Å². The quantitative estimate of drug-likeness (QED) is 0.688. The molecule has 0 spiro atoms. The molecule has 0 fully saturated rings. The topological polar surface area (TPSA) is 93.2 Å². The maximum absolute atomic E-state index is 12.2. The zero-order chi connectivity index (χ0) is 15.4. The molecule has 116 valence electrons. The summed E-state index contributed by atoms with van der Waals surface area (Å²) in [5.74, 6) is 0. The van der Waals surface area contributed by atoms with Crippen molar-refractivity contribution in [2.24, 2.45) is 11.1 Å². The van der Waals surface area contributed by atoms with Crippen molar-refractivity contribution in [3.8, 4) is 0 Å². The number of rotatable bonds is 8. The lowest BCUT2D eigenvalue weighted by Crippen LogP contribution is -2.39. The van der Waals surface area contributed by atoms with E-state index in [9.17, 15) is 8.42 Å². The Bertz CT molecular complexity index is 522. The zero-order valence-electron chi connectivity index (χ0n) is 12.6. The highest BCUT2D eigenvalue weighted by atomic mass is 32.2. The van der Waals surface area contributed by atoms with Gasteiger partial charge in [0, 0.05) is 25.8 Å². The summed E-state index contributed by atoms with van der Waals surface area (Å²) >= 11 is 0. The Morgan fingerprint density at radius 2 is 2.10 bits per heavy atom. The SMILES string of the molecule is CN(C)CC(C)(C)CNS(=O)(=O)c1cnn(CCN)c1. The van der Waals surface area contributed by atoms with E-state index < -0.39 is 10.0 Å². The highest BCUT2D eigenvalue weighted by Gasteiger charge is 2.23. The van der Waals surface area contributed by atoms with Crippen LogP contribution in [0.1, 0.15) is 13.8 Å². The molecule has 1 aromatic heterocycles. The molecular formula is C12H25N5O2S. The van der Waals surface area contributed by atoms with E-state index in [1.165, 1.54) is 17.1 Å². The van der Waals surface area contributed by atoms with Crippen LogP contribution in [0.3, 0.4) is 0 Å². The van der Waals surface area contributed by atoms with Gasteiger partial charge in [0.15, 0.2) is 0 Å². The summed E-state index contributed by atoms with van der Waals surface area (Å²) in [7, 11) is 0.411. The summed E-state index contributed by atoms with van der Waals surface area (Å²) in [6, 6.07) is 0. The fourth-order valence-corrected chi connectivity index (χ4v) is 3.22. The summed E-state index contributed by atoms with van der Waals surface area (Å²) in [5, 5.41) is 3.97. The third-order valence-corrected chi connectivity index (χ3v) is 4.12. The van der Waals surface area contributed by atoms with Gasteiger partial charge in [-0.1, -0.05) is 13.8 Å². The minimum Gasteiger partial charge on any atom is -0.329 e. The molecule has 1 heterocycles. The Balaban J connectivity index is 2.69. The molecule has 20 heavy (non-hydrogen) atoms. The lowest BCUT2D eigenvalue weighted by molar-refractivity contribution is 0.242. The highest BCUT2D eigenvalue weighted by Crippen LogP contribution is 2.16. The average molecular weight is 303 g/mol. The number of sulfonamides is 1. The summed E-state index contributed by atoms with van der Waals surface area (Å²) in [6.07, 6.45) is 2.84. The minimum atomic E-state index is -3.52. The molecule has 0 amide bonds. The predicted molar refractivity (Wildman–Crippen MR) is 78.8 cm³/mol. The first kappa shape index (κ1) is 17.1. The fraction of sp³-hybridized carbons (Fsp3) is 0.750. The molecule has 8 heteroatoms. The van der Waals surface area contributed by atoms with E-state index in [1.54, 1.807) is 0 Å². The molecular weight excluding hydrogens is 278 g/mol. The Morgan fingerprint density at radius 3 is 2.65 bits per heavy atom. The van der Waals surface area contributed by atoms with Crippen LogP contribution in [-0.2, 0) is 16.6 Å². The molecule has 0 saturated heterocycles. The second-order valence-corrected chi connectivity index (χ2v) is 7.72. The third-order valence-electron chi connectivity index (χ3n) is 2.76. The third kappa shape index (κ3) is 5.20. The monoisotopic (exact) mass is 303 g/mol. The van der Waals surface area contributed by atoms with Crippen molar-refractivity contribution < 1.29 is 8.42 Å². The van der Waals surface area contributed by atoms with Crippen LogP contribution in [0.4, 0.5) is 0 Å². The van der Waals surface area contributed by atoms with Gasteiger partial charge in [-0.3, -0.25) is 4.68 Å². The van der Waals surface area contributed by atoms with E-state index in [0.29, 0.717) is 19.6 Å². The first-order valence-electron chi connectivity index (χ1n) is 6.53. The first-order chi connectivity index (χ1) is 9.16. The number of hydrogen-bond donors (Lipinski definition) is 2. The zero-order valence-corrected chi connectivity index (χ0v) is 13.4. The van der Waals surface area contributed by atoms with Crippen molar-refractivity contribution in [2.75, 3.05) is 33.7 Å². The smallest absolute Gasteiger partial charge is 0.243 e. The van der Waals surface area contributed by atoms with Crippen molar-refractivity contribution in [1.29, 1.82) is 0 Å². The van der Waals surface area contributed by atoms with E-state index in [-0.39, 0.29) is 10.3 Å². The van der Waals surface area contributed by atoms with Gasteiger partial charge in [0.05, 0.1) is 12.7 Å². The Labute approximate surface area is 121 Å². The van der Waals surface area contributed by atoms with Gasteiger partial charge in [0.25, 0.3) is 0 Å². The molecule has 0 aliphatic carbocycles. The van der Waals surface area contributed by atoms with Crippen LogP contribution < -0.4 is 10.5 Å². The minimum absolute atomic E-state index is 0.149. The van der Waals surface area contributed by atoms with Crippen LogP contribution in [0.5, 0.6) is 0 Å². The van der Waals surface area contributed by atoms with Crippen LogP contribution in [-0.4, -0.2) is 56.8 Å². The van der Waals surface area contributed by atoms with Gasteiger partial charge >= 0.3 is 0 Å². The van der Waals surface area contributed by atoms with Crippen molar-refractivity contribution in [1.82, 2.24) is 19.4 Å². The number of nitrogens with two attached hydrogens (primary N) is 1. The largest absolute Gasteiger partial charge is 0.329 e. The Hall–Kier alpha value is -0.960. The van der Waals surface area contributed by atoms with Crippen LogP contribution in [0.25, 0.3) is 0 Å². The van der Waals surface area contributed by atoms with E-state index >= 15 is 0 Å². The molecule has 0 unspecified atom stereocenters. The molecule has 0 aliphatic rings.